The fraction of sp³-hybridized carbons (Fsp3) is 0.200. The van der Waals surface area contributed by atoms with E-state index in [2.05, 4.69) is 32.3 Å². The van der Waals surface area contributed by atoms with E-state index in [4.69, 9.17) is 4.43 Å². The third-order valence-electron chi connectivity index (χ3n) is 2.16. The monoisotopic (exact) mass is 221 g/mol. The summed E-state index contributed by atoms with van der Waals surface area (Å²) in [5, 5.41) is 0. The van der Waals surface area contributed by atoms with Crippen LogP contribution in [-0.4, -0.2) is 16.3 Å². The minimum Gasteiger partial charge on any atom is -0.541 e. The molecule has 0 fully saturated rings. The van der Waals surface area contributed by atoms with Gasteiger partial charge in [-0.05, 0) is 34.1 Å². The number of rotatable bonds is 2. The van der Waals surface area contributed by atoms with Crippen molar-refractivity contribution in [3.63, 3.8) is 0 Å². The van der Waals surface area contributed by atoms with Gasteiger partial charge in [0, 0.05) is 12.1 Å². The summed E-state index contributed by atoms with van der Waals surface area (Å²) in [4.78, 5) is 0. The second-order valence-corrected chi connectivity index (χ2v) is 4.28. The van der Waals surface area contributed by atoms with Crippen LogP contribution in [0.1, 0.15) is 5.56 Å². The molecule has 14 heavy (non-hydrogen) atoms. The Morgan fingerprint density at radius 3 is 3.00 bits per heavy atom. The molecule has 1 aromatic rings. The van der Waals surface area contributed by atoms with Gasteiger partial charge in [0.25, 0.3) is 0 Å². The molecule has 72 valence electrons. The lowest BCUT2D eigenvalue weighted by atomic mass is 10.1. The third kappa shape index (κ3) is 1.70. The van der Waals surface area contributed by atoms with Crippen LogP contribution in [0.4, 0.5) is 5.69 Å². The molecular formula is C10H12NOPSi. The van der Waals surface area contributed by atoms with Crippen LogP contribution in [0, 0.1) is 0 Å². The lowest BCUT2D eigenvalue weighted by molar-refractivity contribution is 0.553. The van der Waals surface area contributed by atoms with Crippen molar-refractivity contribution in [2.45, 2.75) is 6.55 Å². The van der Waals surface area contributed by atoms with Gasteiger partial charge in [-0.2, -0.15) is 0 Å². The van der Waals surface area contributed by atoms with Gasteiger partial charge in [0.2, 0.25) is 0 Å². The maximum absolute atomic E-state index is 5.61. The summed E-state index contributed by atoms with van der Waals surface area (Å²) in [6, 6.07) is 8.29. The Kier molecular flexibility index (Phi) is 2.89. The fourth-order valence-electron chi connectivity index (χ4n) is 1.53. The normalized spacial score (nSPS) is 14.7. The van der Waals surface area contributed by atoms with Crippen molar-refractivity contribution >= 4 is 30.6 Å². The first kappa shape index (κ1) is 9.75. The number of fused-ring (bicyclic) bond motifs is 1. The van der Waals surface area contributed by atoms with Crippen molar-refractivity contribution in [3.8, 4) is 0 Å². The van der Waals surface area contributed by atoms with Crippen molar-refractivity contribution < 1.29 is 4.43 Å². The standard InChI is InChI=1S/C10H12NOPSi/c1-14-12-10-6-7-11(13)9-5-3-2-4-8(9)10/h2-6H,7,13H2,1H3. The van der Waals surface area contributed by atoms with E-state index in [-0.39, 0.29) is 0 Å². The summed E-state index contributed by atoms with van der Waals surface area (Å²) in [6.07, 6.45) is 2.12. The molecule has 4 heteroatoms. The molecule has 0 spiro atoms. The van der Waals surface area contributed by atoms with E-state index >= 15 is 0 Å². The van der Waals surface area contributed by atoms with Crippen molar-refractivity contribution in [1.29, 1.82) is 0 Å². The van der Waals surface area contributed by atoms with Gasteiger partial charge >= 0.3 is 9.76 Å². The first-order valence-electron chi connectivity index (χ1n) is 4.48. The van der Waals surface area contributed by atoms with Crippen LogP contribution >= 0.6 is 9.39 Å². The minimum absolute atomic E-state index is 0.499. The van der Waals surface area contributed by atoms with Gasteiger partial charge in [-0.25, -0.2) is 0 Å². The van der Waals surface area contributed by atoms with Gasteiger partial charge in [0.15, 0.2) is 0 Å². The number of anilines is 1. The Bertz CT molecular complexity index is 367. The number of para-hydroxylation sites is 1. The van der Waals surface area contributed by atoms with Gasteiger partial charge in [-0.3, -0.25) is 0 Å². The summed E-state index contributed by atoms with van der Waals surface area (Å²) in [5.74, 6) is 1.01. The number of benzene rings is 1. The molecular weight excluding hydrogens is 209 g/mol. The van der Waals surface area contributed by atoms with Crippen molar-refractivity contribution in [3.05, 3.63) is 35.9 Å². The van der Waals surface area contributed by atoms with Gasteiger partial charge in [0.1, 0.15) is 5.76 Å². The average molecular weight is 221 g/mol. The van der Waals surface area contributed by atoms with Crippen LogP contribution in [0.3, 0.4) is 0 Å². The lowest BCUT2D eigenvalue weighted by Crippen LogP contribution is -2.16. The Balaban J connectivity index is 2.40. The number of nitrogens with zero attached hydrogens (tertiary/aromatic N) is 1. The van der Waals surface area contributed by atoms with Crippen molar-refractivity contribution in [1.82, 2.24) is 0 Å². The summed E-state index contributed by atoms with van der Waals surface area (Å²) >= 11 is 0. The van der Waals surface area contributed by atoms with Crippen molar-refractivity contribution in [2.75, 3.05) is 11.2 Å². The lowest BCUT2D eigenvalue weighted by Gasteiger charge is -2.26. The molecule has 1 aromatic carbocycles. The van der Waals surface area contributed by atoms with E-state index in [0.717, 1.165) is 12.3 Å². The van der Waals surface area contributed by atoms with Gasteiger partial charge in [-0.1, -0.05) is 12.1 Å². The molecule has 0 amide bonds. The van der Waals surface area contributed by atoms with E-state index in [1.165, 1.54) is 11.3 Å². The second kappa shape index (κ2) is 4.16. The Labute approximate surface area is 89.2 Å². The van der Waals surface area contributed by atoms with Crippen LogP contribution in [0.25, 0.3) is 5.76 Å². The summed E-state index contributed by atoms with van der Waals surface area (Å²) in [5.41, 5.74) is 2.40. The zero-order chi connectivity index (χ0) is 9.97. The summed E-state index contributed by atoms with van der Waals surface area (Å²) in [6.45, 7) is 2.93. The molecule has 0 aromatic heterocycles. The smallest absolute Gasteiger partial charge is 0.307 e. The van der Waals surface area contributed by atoms with Crippen LogP contribution in [0.2, 0.25) is 6.55 Å². The van der Waals surface area contributed by atoms with E-state index in [0.29, 0.717) is 9.76 Å². The topological polar surface area (TPSA) is 12.5 Å². The predicted molar refractivity (Wildman–Crippen MR) is 64.2 cm³/mol. The highest BCUT2D eigenvalue weighted by molar-refractivity contribution is 7.19. The Morgan fingerprint density at radius 1 is 1.43 bits per heavy atom. The second-order valence-electron chi connectivity index (χ2n) is 3.04. The van der Waals surface area contributed by atoms with Crippen LogP contribution < -0.4 is 4.67 Å². The highest BCUT2D eigenvalue weighted by Gasteiger charge is 2.15. The molecule has 2 radical (unpaired) electrons. The van der Waals surface area contributed by atoms with Gasteiger partial charge in [-0.15, -0.1) is 0 Å². The summed E-state index contributed by atoms with van der Waals surface area (Å²) < 4.78 is 7.75. The molecule has 1 atom stereocenters. The first-order chi connectivity index (χ1) is 6.83. The average Bonchev–Trinajstić information content (AvgIpc) is 2.23. The highest BCUT2D eigenvalue weighted by Crippen LogP contribution is 2.33. The molecule has 0 N–H and O–H groups in total. The van der Waals surface area contributed by atoms with E-state index in [9.17, 15) is 0 Å². The van der Waals surface area contributed by atoms with Crippen molar-refractivity contribution in [2.24, 2.45) is 0 Å². The Hall–Kier alpha value is -0.793. The fourth-order valence-corrected chi connectivity index (χ4v) is 2.27. The molecule has 1 aliphatic heterocycles. The van der Waals surface area contributed by atoms with Crippen LogP contribution in [-0.2, 0) is 4.43 Å². The zero-order valence-electron chi connectivity index (χ0n) is 8.03. The maximum Gasteiger partial charge on any atom is 0.307 e. The largest absolute Gasteiger partial charge is 0.541 e. The SMILES string of the molecule is C[Si]OC1=CCN(P)c2ccccc21. The quantitative estimate of drug-likeness (QED) is 0.561. The van der Waals surface area contributed by atoms with Crippen LogP contribution in [0.5, 0.6) is 0 Å². The third-order valence-corrected chi connectivity index (χ3v) is 3.08. The molecule has 1 heterocycles. The molecule has 0 aliphatic carbocycles. The first-order valence-corrected chi connectivity index (χ1v) is 6.41. The van der Waals surface area contributed by atoms with Gasteiger partial charge < -0.3 is 9.10 Å². The molecule has 2 nitrogen and oxygen atoms in total. The predicted octanol–water partition coefficient (Wildman–Crippen LogP) is 2.32. The van der Waals surface area contributed by atoms with E-state index in [1.807, 2.05) is 18.7 Å². The maximum atomic E-state index is 5.61. The van der Waals surface area contributed by atoms with Gasteiger partial charge in [0.05, 0.1) is 5.69 Å². The summed E-state index contributed by atoms with van der Waals surface area (Å²) in [7, 11) is 3.22. The molecule has 0 saturated heterocycles. The number of hydrogen-bond acceptors (Lipinski definition) is 2. The molecule has 0 bridgehead atoms. The molecule has 1 aliphatic rings. The zero-order valence-corrected chi connectivity index (χ0v) is 10.2. The number of hydrogen-bond donors (Lipinski definition) is 0. The van der Waals surface area contributed by atoms with Crippen LogP contribution in [0.15, 0.2) is 30.3 Å². The van der Waals surface area contributed by atoms with E-state index in [1.54, 1.807) is 0 Å². The van der Waals surface area contributed by atoms with E-state index < -0.39 is 0 Å². The molecule has 0 saturated carbocycles. The molecule has 2 rings (SSSR count). The Morgan fingerprint density at radius 2 is 2.21 bits per heavy atom. The minimum atomic E-state index is 0.499. The molecule has 1 unspecified atom stereocenters. The highest BCUT2D eigenvalue weighted by atomic mass is 31.0.